The molecule has 1 saturated carbocycles. The number of esters is 1. The first-order chi connectivity index (χ1) is 19.2. The molecule has 0 spiro atoms. The van der Waals surface area contributed by atoms with E-state index < -0.39 is 5.92 Å². The molecule has 39 heavy (non-hydrogen) atoms. The zero-order valence-corrected chi connectivity index (χ0v) is 22.2. The minimum absolute atomic E-state index is 0.310. The molecule has 0 aliphatic heterocycles. The van der Waals surface area contributed by atoms with E-state index in [4.69, 9.17) is 9.72 Å². The van der Waals surface area contributed by atoms with Crippen LogP contribution in [0.15, 0.2) is 103 Å². The number of hydrogen-bond donors (Lipinski definition) is 1. The molecule has 1 N–H and O–H groups in total. The molecule has 1 fully saturated rings. The van der Waals surface area contributed by atoms with Crippen molar-refractivity contribution in [2.45, 2.75) is 51.0 Å². The Bertz CT molecular complexity index is 1530. The van der Waals surface area contributed by atoms with Gasteiger partial charge in [0.05, 0.1) is 0 Å². The van der Waals surface area contributed by atoms with E-state index in [1.165, 1.54) is 24.8 Å². The summed E-state index contributed by atoms with van der Waals surface area (Å²) >= 11 is 0. The van der Waals surface area contributed by atoms with E-state index in [1.807, 2.05) is 84.9 Å². The van der Waals surface area contributed by atoms with Gasteiger partial charge < -0.3 is 10.1 Å². The fraction of sp³-hybridized carbons (Fsp3) is 0.235. The molecule has 6 rings (SSSR count). The Hall–Kier alpha value is -4.38. The van der Waals surface area contributed by atoms with Gasteiger partial charge >= 0.3 is 5.97 Å². The number of hydrogen-bond acceptors (Lipinski definition) is 4. The van der Waals surface area contributed by atoms with Crippen LogP contribution in [0.3, 0.4) is 0 Å². The van der Waals surface area contributed by atoms with Crippen LogP contribution >= 0.6 is 0 Å². The van der Waals surface area contributed by atoms with Crippen molar-refractivity contribution in [1.82, 2.24) is 9.38 Å². The number of aromatic nitrogens is 2. The molecular formula is C34H33N3O2. The van der Waals surface area contributed by atoms with E-state index in [0.29, 0.717) is 11.8 Å². The first kappa shape index (κ1) is 24.9. The van der Waals surface area contributed by atoms with E-state index in [9.17, 15) is 4.79 Å². The largest absolute Gasteiger partial charge is 0.426 e. The summed E-state index contributed by atoms with van der Waals surface area (Å²) in [6.07, 6.45) is 8.21. The molecule has 5 aromatic rings. The highest BCUT2D eigenvalue weighted by atomic mass is 16.5. The van der Waals surface area contributed by atoms with E-state index in [0.717, 1.165) is 46.7 Å². The van der Waals surface area contributed by atoms with Gasteiger partial charge in [0.2, 0.25) is 0 Å². The zero-order valence-electron chi connectivity index (χ0n) is 22.2. The second-order valence-corrected chi connectivity index (χ2v) is 10.4. The molecule has 0 unspecified atom stereocenters. The van der Waals surface area contributed by atoms with Crippen LogP contribution in [-0.2, 0) is 4.79 Å². The predicted molar refractivity (Wildman–Crippen MR) is 156 cm³/mol. The lowest BCUT2D eigenvalue weighted by molar-refractivity contribution is -0.135. The number of benzene rings is 3. The SMILES string of the molecule is Cc1ccn2c(NC3CCCCC3)c(-c3cccc(OC(=O)C(c4ccccc4)c4ccccc4)c3)nc2c1. The maximum absolute atomic E-state index is 13.6. The number of fused-ring (bicyclic) bond motifs is 1. The van der Waals surface area contributed by atoms with Crippen molar-refractivity contribution in [1.29, 1.82) is 0 Å². The smallest absolute Gasteiger partial charge is 0.323 e. The fourth-order valence-corrected chi connectivity index (χ4v) is 5.56. The van der Waals surface area contributed by atoms with Crippen LogP contribution in [0.5, 0.6) is 5.75 Å². The fourth-order valence-electron chi connectivity index (χ4n) is 5.56. The van der Waals surface area contributed by atoms with E-state index in [-0.39, 0.29) is 5.97 Å². The molecule has 0 saturated heterocycles. The Morgan fingerprint density at radius 1 is 0.872 bits per heavy atom. The third-order valence-corrected chi connectivity index (χ3v) is 7.56. The average molecular weight is 516 g/mol. The van der Waals surface area contributed by atoms with Crippen molar-refractivity contribution < 1.29 is 9.53 Å². The number of nitrogens with one attached hydrogen (secondary N) is 1. The van der Waals surface area contributed by atoms with Crippen molar-refractivity contribution in [3.8, 4) is 17.0 Å². The number of nitrogens with zero attached hydrogens (tertiary/aromatic N) is 2. The van der Waals surface area contributed by atoms with Gasteiger partial charge in [0.15, 0.2) is 0 Å². The molecule has 0 radical (unpaired) electrons. The molecule has 0 atom stereocenters. The minimum atomic E-state index is -0.516. The third-order valence-electron chi connectivity index (χ3n) is 7.56. The highest BCUT2D eigenvalue weighted by Gasteiger charge is 2.25. The summed E-state index contributed by atoms with van der Waals surface area (Å²) < 4.78 is 8.17. The number of aryl methyl sites for hydroxylation is 1. The van der Waals surface area contributed by atoms with Crippen molar-refractivity contribution in [2.24, 2.45) is 0 Å². The highest BCUT2D eigenvalue weighted by molar-refractivity contribution is 5.85. The van der Waals surface area contributed by atoms with Crippen LogP contribution in [0.4, 0.5) is 5.82 Å². The van der Waals surface area contributed by atoms with Gasteiger partial charge in [-0.05, 0) is 60.7 Å². The molecule has 5 nitrogen and oxygen atoms in total. The maximum Gasteiger partial charge on any atom is 0.323 e. The van der Waals surface area contributed by atoms with Crippen LogP contribution < -0.4 is 10.1 Å². The molecule has 1 aliphatic carbocycles. The number of pyridine rings is 1. The summed E-state index contributed by atoms with van der Waals surface area (Å²) in [5, 5.41) is 3.80. The summed E-state index contributed by atoms with van der Waals surface area (Å²) in [7, 11) is 0. The number of imidazole rings is 1. The number of rotatable bonds is 7. The summed E-state index contributed by atoms with van der Waals surface area (Å²) in [6.45, 7) is 2.08. The first-order valence-electron chi connectivity index (χ1n) is 13.8. The van der Waals surface area contributed by atoms with Gasteiger partial charge in [0.25, 0.3) is 0 Å². The molecule has 0 bridgehead atoms. The molecule has 196 valence electrons. The summed E-state index contributed by atoms with van der Waals surface area (Å²) in [6, 6.07) is 31.9. The Morgan fingerprint density at radius 2 is 1.56 bits per heavy atom. The van der Waals surface area contributed by atoms with E-state index >= 15 is 0 Å². The zero-order chi connectivity index (χ0) is 26.6. The highest BCUT2D eigenvalue weighted by Crippen LogP contribution is 2.34. The Kier molecular flexibility index (Phi) is 7.13. The van der Waals surface area contributed by atoms with Crippen molar-refractivity contribution in [2.75, 3.05) is 5.32 Å². The number of carbonyl (C=O) groups is 1. The predicted octanol–water partition coefficient (Wildman–Crippen LogP) is 7.79. The molecule has 1 aliphatic rings. The normalized spacial score (nSPS) is 14.0. The third kappa shape index (κ3) is 5.44. The topological polar surface area (TPSA) is 55.6 Å². The Balaban J connectivity index is 1.34. The van der Waals surface area contributed by atoms with E-state index in [2.05, 4.69) is 35.0 Å². The van der Waals surface area contributed by atoms with Gasteiger partial charge in [-0.15, -0.1) is 0 Å². The van der Waals surface area contributed by atoms with Gasteiger partial charge in [0, 0.05) is 17.8 Å². The van der Waals surface area contributed by atoms with Crippen molar-refractivity contribution >= 4 is 17.4 Å². The van der Waals surface area contributed by atoms with Gasteiger partial charge in [-0.25, -0.2) is 4.98 Å². The quantitative estimate of drug-likeness (QED) is 0.178. The lowest BCUT2D eigenvalue weighted by Crippen LogP contribution is -2.23. The molecule has 5 heteroatoms. The number of carbonyl (C=O) groups excluding carboxylic acids is 1. The van der Waals surface area contributed by atoms with Gasteiger partial charge in [-0.2, -0.15) is 0 Å². The molecule has 2 heterocycles. The van der Waals surface area contributed by atoms with Crippen LogP contribution in [0, 0.1) is 6.92 Å². The molecule has 0 amide bonds. The molecule has 2 aromatic heterocycles. The van der Waals surface area contributed by atoms with Crippen molar-refractivity contribution in [3.05, 3.63) is 120 Å². The van der Waals surface area contributed by atoms with Gasteiger partial charge in [-0.3, -0.25) is 9.20 Å². The second kappa shape index (κ2) is 11.2. The van der Waals surface area contributed by atoms with Crippen LogP contribution in [-0.4, -0.2) is 21.4 Å². The Labute approximate surface area is 229 Å². The van der Waals surface area contributed by atoms with Crippen molar-refractivity contribution in [3.63, 3.8) is 0 Å². The monoisotopic (exact) mass is 515 g/mol. The van der Waals surface area contributed by atoms with Gasteiger partial charge in [0.1, 0.15) is 28.8 Å². The standard InChI is InChI=1S/C34H33N3O2/c1-24-20-21-37-30(22-24)36-32(33(37)35-28-17-9-4-10-18-28)27-16-11-19-29(23-27)39-34(38)31(25-12-5-2-6-13-25)26-14-7-3-8-15-26/h2-3,5-8,11-16,19-23,28,31,35H,4,9-10,17-18H2,1H3. The lowest BCUT2D eigenvalue weighted by Gasteiger charge is -2.24. The average Bonchev–Trinajstić information content (AvgIpc) is 3.32. The summed E-state index contributed by atoms with van der Waals surface area (Å²) in [5.41, 5.74) is 5.65. The Morgan fingerprint density at radius 3 is 2.26 bits per heavy atom. The maximum atomic E-state index is 13.6. The molecular weight excluding hydrogens is 482 g/mol. The van der Waals surface area contributed by atoms with E-state index in [1.54, 1.807) is 0 Å². The number of ether oxygens (including phenoxy) is 1. The van der Waals surface area contributed by atoms with Crippen LogP contribution in [0.1, 0.15) is 54.7 Å². The first-order valence-corrected chi connectivity index (χ1v) is 13.8. The summed E-state index contributed by atoms with van der Waals surface area (Å²) in [5.74, 6) is 0.673. The van der Waals surface area contributed by atoms with Crippen LogP contribution in [0.25, 0.3) is 16.9 Å². The van der Waals surface area contributed by atoms with Gasteiger partial charge in [-0.1, -0.05) is 92.1 Å². The lowest BCUT2D eigenvalue weighted by atomic mass is 9.91. The minimum Gasteiger partial charge on any atom is -0.426 e. The number of anilines is 1. The molecule has 3 aromatic carbocycles. The summed E-state index contributed by atoms with van der Waals surface area (Å²) in [4.78, 5) is 18.6. The second-order valence-electron chi connectivity index (χ2n) is 10.4. The van der Waals surface area contributed by atoms with Crippen LogP contribution in [0.2, 0.25) is 0 Å².